The van der Waals surface area contributed by atoms with Gasteiger partial charge in [0.2, 0.25) is 0 Å². The first-order valence-corrected chi connectivity index (χ1v) is 10.3. The average Bonchev–Trinajstić information content (AvgIpc) is 2.99. The fraction of sp³-hybridized carbons (Fsp3) is 0.400. The highest BCUT2D eigenvalue weighted by atomic mass is 32.2. The third-order valence-electron chi connectivity index (χ3n) is 5.11. The summed E-state index contributed by atoms with van der Waals surface area (Å²) in [6, 6.07) is 5.60. The van der Waals surface area contributed by atoms with Gasteiger partial charge in [-0.15, -0.1) is 0 Å². The van der Waals surface area contributed by atoms with E-state index < -0.39 is 10.8 Å². The lowest BCUT2D eigenvalue weighted by atomic mass is 10.0. The van der Waals surface area contributed by atoms with Gasteiger partial charge >= 0.3 is 0 Å². The summed E-state index contributed by atoms with van der Waals surface area (Å²) in [5.41, 5.74) is 4.58. The van der Waals surface area contributed by atoms with Crippen LogP contribution in [0.3, 0.4) is 0 Å². The SMILES string of the molecule is COc1ccc2nc([S@@](=O)[C@H]3CCCCc4c3ncc(C)c4OC)[nH]c2c1. The molecule has 1 aliphatic carbocycles. The van der Waals surface area contributed by atoms with Gasteiger partial charge in [0.15, 0.2) is 5.16 Å². The quantitative estimate of drug-likeness (QED) is 0.690. The van der Waals surface area contributed by atoms with Gasteiger partial charge in [-0.05, 0) is 38.3 Å². The Bertz CT molecular complexity index is 1020. The number of hydrogen-bond acceptors (Lipinski definition) is 5. The van der Waals surface area contributed by atoms with Crippen LogP contribution in [0.1, 0.15) is 41.3 Å². The van der Waals surface area contributed by atoms with Crippen molar-refractivity contribution >= 4 is 21.8 Å². The van der Waals surface area contributed by atoms with E-state index in [0.717, 1.165) is 65.0 Å². The van der Waals surface area contributed by atoms with Gasteiger partial charge in [0.05, 0.1) is 47.0 Å². The Morgan fingerprint density at radius 3 is 2.85 bits per heavy atom. The minimum atomic E-state index is -1.33. The molecule has 0 aliphatic heterocycles. The molecule has 6 nitrogen and oxygen atoms in total. The largest absolute Gasteiger partial charge is 0.497 e. The smallest absolute Gasteiger partial charge is 0.198 e. The second kappa shape index (κ2) is 7.31. The van der Waals surface area contributed by atoms with Crippen LogP contribution < -0.4 is 9.47 Å². The molecule has 142 valence electrons. The van der Waals surface area contributed by atoms with Crippen LogP contribution in [0, 0.1) is 6.92 Å². The van der Waals surface area contributed by atoms with E-state index in [0.29, 0.717) is 5.16 Å². The lowest BCUT2D eigenvalue weighted by molar-refractivity contribution is 0.404. The van der Waals surface area contributed by atoms with Gasteiger partial charge in [-0.25, -0.2) is 4.98 Å². The first kappa shape index (κ1) is 18.0. The molecule has 0 radical (unpaired) electrons. The van der Waals surface area contributed by atoms with E-state index in [2.05, 4.69) is 15.0 Å². The molecule has 0 spiro atoms. The van der Waals surface area contributed by atoms with Gasteiger partial charge in [0, 0.05) is 23.4 Å². The summed E-state index contributed by atoms with van der Waals surface area (Å²) in [6.07, 6.45) is 5.58. The van der Waals surface area contributed by atoms with Crippen molar-refractivity contribution in [2.24, 2.45) is 0 Å². The standard InChI is InChI=1S/C20H23N3O3S/c1-12-11-21-18-14(19(12)26-3)6-4-5-7-17(18)27(24)20-22-15-9-8-13(25-2)10-16(15)23-20/h8-11,17H,4-7H2,1-3H3,(H,22,23)/t17-,27-/m0/s1. The Labute approximate surface area is 160 Å². The van der Waals surface area contributed by atoms with E-state index in [9.17, 15) is 4.21 Å². The zero-order valence-corrected chi connectivity index (χ0v) is 16.6. The number of H-pyrrole nitrogens is 1. The Morgan fingerprint density at radius 1 is 1.22 bits per heavy atom. The molecule has 7 heteroatoms. The topological polar surface area (TPSA) is 77.1 Å². The van der Waals surface area contributed by atoms with E-state index in [1.807, 2.05) is 31.3 Å². The number of aryl methyl sites for hydroxylation is 1. The predicted octanol–water partition coefficient (Wildman–Crippen LogP) is 3.86. The number of nitrogens with one attached hydrogen (secondary N) is 1. The Morgan fingerprint density at radius 2 is 2.07 bits per heavy atom. The normalized spacial score (nSPS) is 18.0. The molecule has 0 fully saturated rings. The molecule has 2 atom stereocenters. The van der Waals surface area contributed by atoms with Crippen molar-refractivity contribution in [3.8, 4) is 11.5 Å². The zero-order chi connectivity index (χ0) is 19.0. The van der Waals surface area contributed by atoms with E-state index in [4.69, 9.17) is 9.47 Å². The highest BCUT2D eigenvalue weighted by Gasteiger charge is 2.30. The first-order valence-electron chi connectivity index (χ1n) is 9.09. The van der Waals surface area contributed by atoms with Gasteiger partial charge in [-0.2, -0.15) is 0 Å². The number of hydrogen-bond donors (Lipinski definition) is 1. The van der Waals surface area contributed by atoms with E-state index in [-0.39, 0.29) is 5.25 Å². The summed E-state index contributed by atoms with van der Waals surface area (Å²) in [4.78, 5) is 12.4. The predicted molar refractivity (Wildman–Crippen MR) is 105 cm³/mol. The van der Waals surface area contributed by atoms with Gasteiger partial charge < -0.3 is 14.5 Å². The summed E-state index contributed by atoms with van der Waals surface area (Å²) < 4.78 is 24.3. The number of imidazole rings is 1. The molecule has 1 N–H and O–H groups in total. The molecular weight excluding hydrogens is 362 g/mol. The molecule has 2 aromatic heterocycles. The van der Waals surface area contributed by atoms with E-state index in [1.54, 1.807) is 14.2 Å². The van der Waals surface area contributed by atoms with Gasteiger partial charge in [-0.1, -0.05) is 6.42 Å². The van der Waals surface area contributed by atoms with Crippen LogP contribution >= 0.6 is 0 Å². The molecule has 3 aromatic rings. The number of pyridine rings is 1. The highest BCUT2D eigenvalue weighted by molar-refractivity contribution is 7.85. The molecule has 0 bridgehead atoms. The van der Waals surface area contributed by atoms with Crippen LogP contribution in [0.5, 0.6) is 11.5 Å². The molecule has 1 aromatic carbocycles. The molecular formula is C20H23N3O3S. The fourth-order valence-corrected chi connectivity index (χ4v) is 5.21. The van der Waals surface area contributed by atoms with Crippen LogP contribution in [-0.2, 0) is 17.2 Å². The van der Waals surface area contributed by atoms with Crippen LogP contribution in [0.15, 0.2) is 29.6 Å². The number of benzene rings is 1. The number of aromatic amines is 1. The van der Waals surface area contributed by atoms with Crippen LogP contribution in [-0.4, -0.2) is 33.4 Å². The molecule has 1 aliphatic rings. The maximum absolute atomic E-state index is 13.4. The molecule has 0 saturated carbocycles. The summed E-state index contributed by atoms with van der Waals surface area (Å²) in [5.74, 6) is 1.61. The van der Waals surface area contributed by atoms with Gasteiger partial charge in [0.1, 0.15) is 11.5 Å². The lowest BCUT2D eigenvalue weighted by Crippen LogP contribution is -2.12. The minimum Gasteiger partial charge on any atom is -0.497 e. The minimum absolute atomic E-state index is 0.195. The number of fused-ring (bicyclic) bond motifs is 2. The number of aromatic nitrogens is 3. The summed E-state index contributed by atoms with van der Waals surface area (Å²) in [7, 11) is 1.99. The number of rotatable bonds is 4. The van der Waals surface area contributed by atoms with Crippen molar-refractivity contribution in [3.63, 3.8) is 0 Å². The highest BCUT2D eigenvalue weighted by Crippen LogP contribution is 2.39. The monoisotopic (exact) mass is 385 g/mol. The van der Waals surface area contributed by atoms with Crippen LogP contribution in [0.25, 0.3) is 11.0 Å². The number of ether oxygens (including phenoxy) is 2. The zero-order valence-electron chi connectivity index (χ0n) is 15.7. The summed E-state index contributed by atoms with van der Waals surface area (Å²) >= 11 is 0. The molecule has 0 amide bonds. The Kier molecular flexibility index (Phi) is 4.86. The van der Waals surface area contributed by atoms with Crippen molar-refractivity contribution in [2.75, 3.05) is 14.2 Å². The van der Waals surface area contributed by atoms with Crippen molar-refractivity contribution in [1.82, 2.24) is 15.0 Å². The van der Waals surface area contributed by atoms with Crippen molar-refractivity contribution < 1.29 is 13.7 Å². The summed E-state index contributed by atoms with van der Waals surface area (Å²) in [6.45, 7) is 2.00. The number of methoxy groups -OCH3 is 2. The second-order valence-corrected chi connectivity index (χ2v) is 8.35. The van der Waals surface area contributed by atoms with Crippen molar-refractivity contribution in [3.05, 3.63) is 41.2 Å². The van der Waals surface area contributed by atoms with Gasteiger partial charge in [-0.3, -0.25) is 9.19 Å². The third kappa shape index (κ3) is 3.20. The van der Waals surface area contributed by atoms with E-state index in [1.165, 1.54) is 0 Å². The molecule has 0 saturated heterocycles. The van der Waals surface area contributed by atoms with E-state index >= 15 is 0 Å². The lowest BCUT2D eigenvalue weighted by Gasteiger charge is -2.18. The Balaban J connectivity index is 1.76. The second-order valence-electron chi connectivity index (χ2n) is 6.80. The maximum atomic E-state index is 13.4. The van der Waals surface area contributed by atoms with Crippen LogP contribution in [0.2, 0.25) is 0 Å². The fourth-order valence-electron chi connectivity index (χ4n) is 3.76. The van der Waals surface area contributed by atoms with Crippen LogP contribution in [0.4, 0.5) is 0 Å². The molecule has 0 unspecified atom stereocenters. The van der Waals surface area contributed by atoms with Crippen molar-refractivity contribution in [2.45, 2.75) is 43.0 Å². The number of nitrogens with zero attached hydrogens (tertiary/aromatic N) is 2. The molecule has 27 heavy (non-hydrogen) atoms. The first-order chi connectivity index (χ1) is 13.1. The van der Waals surface area contributed by atoms with Gasteiger partial charge in [0.25, 0.3) is 0 Å². The summed E-state index contributed by atoms with van der Waals surface area (Å²) in [5, 5.41) is 0.289. The Hall–Kier alpha value is -2.41. The maximum Gasteiger partial charge on any atom is 0.198 e. The third-order valence-corrected chi connectivity index (χ3v) is 6.66. The average molecular weight is 385 g/mol. The van der Waals surface area contributed by atoms with Crippen molar-refractivity contribution in [1.29, 1.82) is 0 Å². The molecule has 2 heterocycles. The molecule has 4 rings (SSSR count).